The average molecular weight is 300 g/mol. The minimum atomic E-state index is -1.05. The Morgan fingerprint density at radius 2 is 1.67 bits per heavy atom. The summed E-state index contributed by atoms with van der Waals surface area (Å²) in [7, 11) is 0. The molecule has 0 bridgehead atoms. The third-order valence-corrected chi connectivity index (χ3v) is 4.40. The van der Waals surface area contributed by atoms with E-state index >= 15 is 0 Å². The van der Waals surface area contributed by atoms with Gasteiger partial charge in [-0.25, -0.2) is 4.79 Å². The average Bonchev–Trinajstić information content (AvgIpc) is 2.32. The third kappa shape index (κ3) is 5.21. The van der Waals surface area contributed by atoms with Gasteiger partial charge in [0, 0.05) is 12.6 Å². The van der Waals surface area contributed by atoms with E-state index in [0.29, 0.717) is 6.54 Å². The van der Waals surface area contributed by atoms with E-state index < -0.39 is 16.9 Å². The maximum atomic E-state index is 12.5. The Bertz CT molecular complexity index is 363. The van der Waals surface area contributed by atoms with Gasteiger partial charge in [-0.1, -0.05) is 19.8 Å². The van der Waals surface area contributed by atoms with Gasteiger partial charge in [0.15, 0.2) is 0 Å². The van der Waals surface area contributed by atoms with Crippen LogP contribution in [0.4, 0.5) is 4.79 Å². The fraction of sp³-hybridized carbons (Fsp3) is 0.875. The van der Waals surface area contributed by atoms with Gasteiger partial charge in [-0.05, 0) is 48.0 Å². The highest BCUT2D eigenvalue weighted by Gasteiger charge is 2.45. The quantitative estimate of drug-likeness (QED) is 0.674. The molecule has 0 fully saturated rings. The maximum Gasteiger partial charge on any atom is 0.318 e. The van der Waals surface area contributed by atoms with Crippen LogP contribution >= 0.6 is 0 Å². The van der Waals surface area contributed by atoms with E-state index in [1.807, 2.05) is 13.8 Å². The van der Waals surface area contributed by atoms with Gasteiger partial charge in [-0.3, -0.25) is 4.79 Å². The highest BCUT2D eigenvalue weighted by molar-refractivity contribution is 5.79. The van der Waals surface area contributed by atoms with Crippen LogP contribution in [-0.2, 0) is 4.79 Å². The topological polar surface area (TPSA) is 69.6 Å². The largest absolute Gasteiger partial charge is 0.481 e. The van der Waals surface area contributed by atoms with Crippen LogP contribution in [0.1, 0.15) is 67.7 Å². The van der Waals surface area contributed by atoms with Crippen molar-refractivity contribution in [1.29, 1.82) is 0 Å². The highest BCUT2D eigenvalue weighted by atomic mass is 16.4. The first-order valence-electron chi connectivity index (χ1n) is 7.79. The Labute approximate surface area is 129 Å². The predicted octanol–water partition coefficient (Wildman–Crippen LogP) is 3.49. The van der Waals surface area contributed by atoms with E-state index in [1.54, 1.807) is 32.6 Å². The molecule has 0 spiro atoms. The van der Waals surface area contributed by atoms with Gasteiger partial charge in [0.25, 0.3) is 0 Å². The van der Waals surface area contributed by atoms with Gasteiger partial charge < -0.3 is 15.3 Å². The molecule has 0 saturated heterocycles. The summed E-state index contributed by atoms with van der Waals surface area (Å²) in [6.07, 6.45) is 3.15. The summed E-state index contributed by atoms with van der Waals surface area (Å²) in [4.78, 5) is 25.7. The van der Waals surface area contributed by atoms with Crippen molar-refractivity contribution in [2.75, 3.05) is 6.54 Å². The lowest BCUT2D eigenvalue weighted by molar-refractivity contribution is -0.150. The fourth-order valence-corrected chi connectivity index (χ4v) is 1.89. The third-order valence-electron chi connectivity index (χ3n) is 4.40. The van der Waals surface area contributed by atoms with Gasteiger partial charge in [-0.15, -0.1) is 0 Å². The molecule has 0 unspecified atom stereocenters. The lowest BCUT2D eigenvalue weighted by atomic mass is 9.74. The van der Waals surface area contributed by atoms with Crippen LogP contribution in [0.5, 0.6) is 0 Å². The van der Waals surface area contributed by atoms with Crippen LogP contribution in [0.2, 0.25) is 0 Å². The molecule has 2 amide bonds. The summed E-state index contributed by atoms with van der Waals surface area (Å²) in [6.45, 7) is 13.5. The molecule has 0 saturated carbocycles. The summed E-state index contributed by atoms with van der Waals surface area (Å²) in [5.74, 6) is -0.921. The first-order valence-corrected chi connectivity index (χ1v) is 7.79. The van der Waals surface area contributed by atoms with Crippen molar-refractivity contribution in [3.05, 3.63) is 0 Å². The molecule has 0 radical (unpaired) electrons. The lowest BCUT2D eigenvalue weighted by Crippen LogP contribution is -2.60. The van der Waals surface area contributed by atoms with Crippen molar-refractivity contribution in [3.8, 4) is 0 Å². The summed E-state index contributed by atoms with van der Waals surface area (Å²) in [5.41, 5.74) is -1.89. The molecule has 0 aromatic rings. The van der Waals surface area contributed by atoms with Crippen LogP contribution in [0.25, 0.3) is 0 Å². The lowest BCUT2D eigenvalue weighted by Gasteiger charge is -2.41. The SMILES string of the molecule is CCCCCN(C(=O)NC(C)(C)C(C)(C)C(=O)O)C(C)C. The summed E-state index contributed by atoms with van der Waals surface area (Å²) < 4.78 is 0. The van der Waals surface area contributed by atoms with Crippen molar-refractivity contribution in [2.24, 2.45) is 5.41 Å². The van der Waals surface area contributed by atoms with Crippen LogP contribution in [0, 0.1) is 5.41 Å². The van der Waals surface area contributed by atoms with E-state index in [-0.39, 0.29) is 12.1 Å². The number of urea groups is 1. The van der Waals surface area contributed by atoms with E-state index in [4.69, 9.17) is 0 Å². The number of carbonyl (C=O) groups excluding carboxylic acids is 1. The van der Waals surface area contributed by atoms with Crippen LogP contribution in [0.3, 0.4) is 0 Å². The molecule has 0 aliphatic heterocycles. The van der Waals surface area contributed by atoms with E-state index in [1.165, 1.54) is 0 Å². The molecule has 0 rings (SSSR count). The van der Waals surface area contributed by atoms with Crippen molar-refractivity contribution in [1.82, 2.24) is 10.2 Å². The molecule has 0 atom stereocenters. The van der Waals surface area contributed by atoms with Crippen molar-refractivity contribution in [2.45, 2.75) is 79.3 Å². The number of rotatable bonds is 8. The molecular weight excluding hydrogens is 268 g/mol. The molecule has 0 aliphatic carbocycles. The van der Waals surface area contributed by atoms with Gasteiger partial charge in [-0.2, -0.15) is 0 Å². The second kappa shape index (κ2) is 7.66. The fourth-order valence-electron chi connectivity index (χ4n) is 1.89. The van der Waals surface area contributed by atoms with E-state index in [0.717, 1.165) is 19.3 Å². The number of aliphatic carboxylic acids is 1. The predicted molar refractivity (Wildman–Crippen MR) is 85.4 cm³/mol. The Kier molecular flexibility index (Phi) is 7.20. The standard InChI is InChI=1S/C16H32N2O3/c1-8-9-10-11-18(12(2)3)14(21)17-16(6,7)15(4,5)13(19)20/h12H,8-11H2,1-7H3,(H,17,21)(H,19,20). The molecule has 0 heterocycles. The molecule has 0 aromatic heterocycles. The molecule has 2 N–H and O–H groups in total. The van der Waals surface area contributed by atoms with Crippen LogP contribution in [-0.4, -0.2) is 40.1 Å². The molecule has 0 aliphatic rings. The number of carboxylic acid groups (broad SMARTS) is 1. The van der Waals surface area contributed by atoms with Crippen LogP contribution in [0.15, 0.2) is 0 Å². The van der Waals surface area contributed by atoms with Crippen LogP contribution < -0.4 is 5.32 Å². The number of nitrogens with zero attached hydrogens (tertiary/aromatic N) is 1. The number of carbonyl (C=O) groups is 2. The van der Waals surface area contributed by atoms with E-state index in [9.17, 15) is 14.7 Å². The Balaban J connectivity index is 4.93. The zero-order valence-corrected chi connectivity index (χ0v) is 14.6. The first kappa shape index (κ1) is 19.7. The number of unbranched alkanes of at least 4 members (excludes halogenated alkanes) is 2. The smallest absolute Gasteiger partial charge is 0.318 e. The number of hydrogen-bond donors (Lipinski definition) is 2. The minimum absolute atomic E-state index is 0.0885. The van der Waals surface area contributed by atoms with Gasteiger partial charge in [0.05, 0.1) is 11.0 Å². The van der Waals surface area contributed by atoms with Gasteiger partial charge >= 0.3 is 12.0 Å². The second-order valence-corrected chi connectivity index (χ2v) is 6.98. The highest BCUT2D eigenvalue weighted by Crippen LogP contribution is 2.31. The number of hydrogen-bond acceptors (Lipinski definition) is 2. The van der Waals surface area contributed by atoms with Crippen molar-refractivity contribution in [3.63, 3.8) is 0 Å². The second-order valence-electron chi connectivity index (χ2n) is 6.98. The summed E-state index contributed by atoms with van der Waals surface area (Å²) in [6, 6.07) is -0.106. The number of amides is 2. The molecule has 0 aromatic carbocycles. The Morgan fingerprint density at radius 3 is 2.05 bits per heavy atom. The van der Waals surface area contributed by atoms with Gasteiger partial charge in [0.2, 0.25) is 0 Å². The van der Waals surface area contributed by atoms with Crippen molar-refractivity contribution >= 4 is 12.0 Å². The van der Waals surface area contributed by atoms with Crippen molar-refractivity contribution < 1.29 is 14.7 Å². The van der Waals surface area contributed by atoms with Gasteiger partial charge in [0.1, 0.15) is 0 Å². The van der Waals surface area contributed by atoms with E-state index in [2.05, 4.69) is 12.2 Å². The molecule has 5 nitrogen and oxygen atoms in total. The molecule has 5 heteroatoms. The Hall–Kier alpha value is -1.26. The summed E-state index contributed by atoms with van der Waals surface area (Å²) >= 11 is 0. The first-order chi connectivity index (χ1) is 9.47. The number of nitrogens with one attached hydrogen (secondary N) is 1. The normalized spacial score (nSPS) is 12.4. The molecule has 124 valence electrons. The molecular formula is C16H32N2O3. The summed E-state index contributed by atoms with van der Waals surface area (Å²) in [5, 5.41) is 12.2. The maximum absolute atomic E-state index is 12.5. The zero-order valence-electron chi connectivity index (χ0n) is 14.6. The monoisotopic (exact) mass is 300 g/mol. The number of carboxylic acids is 1. The minimum Gasteiger partial charge on any atom is -0.481 e. The Morgan fingerprint density at radius 1 is 1.14 bits per heavy atom. The molecule has 21 heavy (non-hydrogen) atoms. The zero-order chi connectivity index (χ0) is 16.8.